The number of rotatable bonds is 6. The summed E-state index contributed by atoms with van der Waals surface area (Å²) in [5.74, 6) is 1.27. The number of hydrogen-bond donors (Lipinski definition) is 1. The van der Waals surface area contributed by atoms with E-state index in [1.807, 2.05) is 12.1 Å². The number of nitrogens with two attached hydrogens (primary N) is 1. The Balaban J connectivity index is 2.79. The molecule has 0 amide bonds. The summed E-state index contributed by atoms with van der Waals surface area (Å²) in [7, 11) is 1.64. The summed E-state index contributed by atoms with van der Waals surface area (Å²) in [4.78, 5) is 0. The van der Waals surface area contributed by atoms with E-state index in [1.165, 1.54) is 17.5 Å². The van der Waals surface area contributed by atoms with E-state index in [2.05, 4.69) is 13.8 Å². The molecule has 1 aromatic rings. The Morgan fingerprint density at radius 1 is 1.35 bits per heavy atom. The van der Waals surface area contributed by atoms with E-state index in [4.69, 9.17) is 22.1 Å². The van der Waals surface area contributed by atoms with Crippen molar-refractivity contribution in [3.05, 3.63) is 28.3 Å². The largest absolute Gasteiger partial charge is 0.495 e. The zero-order valence-corrected chi connectivity index (χ0v) is 11.7. The molecule has 1 unspecified atom stereocenters. The molecule has 0 spiro atoms. The van der Waals surface area contributed by atoms with Crippen LogP contribution in [0.1, 0.15) is 43.2 Å². The molecular weight excluding hydrogens is 234 g/mol. The maximum absolute atomic E-state index is 6.16. The topological polar surface area (TPSA) is 35.2 Å². The van der Waals surface area contributed by atoms with Gasteiger partial charge in [-0.2, -0.15) is 0 Å². The first-order valence-corrected chi connectivity index (χ1v) is 6.52. The Morgan fingerprint density at radius 3 is 2.65 bits per heavy atom. The van der Waals surface area contributed by atoms with Crippen LogP contribution in [0.4, 0.5) is 0 Å². The molecule has 2 nitrogen and oxygen atoms in total. The Bertz CT molecular complexity index is 365. The maximum atomic E-state index is 6.16. The quantitative estimate of drug-likeness (QED) is 0.783. The summed E-state index contributed by atoms with van der Waals surface area (Å²) < 4.78 is 5.21. The minimum atomic E-state index is 0.518. The highest BCUT2D eigenvalue weighted by Crippen LogP contribution is 2.33. The van der Waals surface area contributed by atoms with Crippen molar-refractivity contribution in [2.45, 2.75) is 39.0 Å². The fourth-order valence-electron chi connectivity index (χ4n) is 2.11. The SMILES string of the molecule is COc1cc(C)c(C(C)CCCCN)cc1Cl. The van der Waals surface area contributed by atoms with Crippen molar-refractivity contribution in [1.29, 1.82) is 0 Å². The second kappa shape index (κ2) is 6.87. The van der Waals surface area contributed by atoms with Crippen molar-refractivity contribution in [3.8, 4) is 5.75 Å². The van der Waals surface area contributed by atoms with Gasteiger partial charge in [0.1, 0.15) is 5.75 Å². The lowest BCUT2D eigenvalue weighted by atomic mass is 9.92. The summed E-state index contributed by atoms with van der Waals surface area (Å²) in [5.41, 5.74) is 8.06. The average molecular weight is 256 g/mol. The highest BCUT2D eigenvalue weighted by molar-refractivity contribution is 6.32. The minimum Gasteiger partial charge on any atom is -0.495 e. The highest BCUT2D eigenvalue weighted by Gasteiger charge is 2.12. The fraction of sp³-hybridized carbons (Fsp3) is 0.571. The van der Waals surface area contributed by atoms with Crippen LogP contribution in [-0.4, -0.2) is 13.7 Å². The fourth-order valence-corrected chi connectivity index (χ4v) is 2.36. The van der Waals surface area contributed by atoms with Gasteiger partial charge in [-0.05, 0) is 55.5 Å². The van der Waals surface area contributed by atoms with Gasteiger partial charge < -0.3 is 10.5 Å². The van der Waals surface area contributed by atoms with Crippen LogP contribution in [-0.2, 0) is 0 Å². The predicted octanol–water partition coefficient (Wildman–Crippen LogP) is 3.89. The predicted molar refractivity (Wildman–Crippen MR) is 74.1 cm³/mol. The van der Waals surface area contributed by atoms with E-state index >= 15 is 0 Å². The lowest BCUT2D eigenvalue weighted by Gasteiger charge is -2.16. The number of benzene rings is 1. The van der Waals surface area contributed by atoms with Gasteiger partial charge in [-0.3, -0.25) is 0 Å². The number of hydrogen-bond acceptors (Lipinski definition) is 2. The Kier molecular flexibility index (Phi) is 5.79. The van der Waals surface area contributed by atoms with Crippen LogP contribution in [0.15, 0.2) is 12.1 Å². The van der Waals surface area contributed by atoms with Crippen LogP contribution in [0.5, 0.6) is 5.75 Å². The molecule has 0 saturated heterocycles. The molecule has 0 bridgehead atoms. The third kappa shape index (κ3) is 3.90. The van der Waals surface area contributed by atoms with Crippen LogP contribution in [0.25, 0.3) is 0 Å². The number of aryl methyl sites for hydroxylation is 1. The Morgan fingerprint density at radius 2 is 2.06 bits per heavy atom. The molecule has 0 aliphatic rings. The number of halogens is 1. The van der Waals surface area contributed by atoms with Gasteiger partial charge in [0, 0.05) is 0 Å². The van der Waals surface area contributed by atoms with E-state index < -0.39 is 0 Å². The van der Waals surface area contributed by atoms with E-state index in [1.54, 1.807) is 7.11 Å². The lowest BCUT2D eigenvalue weighted by molar-refractivity contribution is 0.414. The average Bonchev–Trinajstić information content (AvgIpc) is 2.31. The summed E-state index contributed by atoms with van der Waals surface area (Å²) >= 11 is 6.16. The molecule has 0 aromatic heterocycles. The summed E-state index contributed by atoms with van der Waals surface area (Å²) in [6.07, 6.45) is 3.41. The van der Waals surface area contributed by atoms with Crippen LogP contribution in [0.2, 0.25) is 5.02 Å². The Labute approximate surface area is 109 Å². The van der Waals surface area contributed by atoms with Gasteiger partial charge in [0.05, 0.1) is 12.1 Å². The normalized spacial score (nSPS) is 12.5. The van der Waals surface area contributed by atoms with Gasteiger partial charge in [0.2, 0.25) is 0 Å². The van der Waals surface area contributed by atoms with Gasteiger partial charge in [-0.15, -0.1) is 0 Å². The van der Waals surface area contributed by atoms with Crippen molar-refractivity contribution >= 4 is 11.6 Å². The third-order valence-corrected chi connectivity index (χ3v) is 3.46. The number of methoxy groups -OCH3 is 1. The molecule has 0 saturated carbocycles. The van der Waals surface area contributed by atoms with Crippen molar-refractivity contribution in [1.82, 2.24) is 0 Å². The Hall–Kier alpha value is -0.730. The van der Waals surface area contributed by atoms with Gasteiger partial charge in [-0.25, -0.2) is 0 Å². The first kappa shape index (κ1) is 14.3. The van der Waals surface area contributed by atoms with Crippen molar-refractivity contribution < 1.29 is 4.74 Å². The number of ether oxygens (including phenoxy) is 1. The smallest absolute Gasteiger partial charge is 0.137 e. The van der Waals surface area contributed by atoms with Crippen LogP contribution in [0.3, 0.4) is 0 Å². The molecule has 0 fully saturated rings. The zero-order chi connectivity index (χ0) is 12.8. The monoisotopic (exact) mass is 255 g/mol. The van der Waals surface area contributed by atoms with E-state index in [0.717, 1.165) is 25.1 Å². The van der Waals surface area contributed by atoms with E-state index in [-0.39, 0.29) is 0 Å². The first-order chi connectivity index (χ1) is 8.10. The van der Waals surface area contributed by atoms with Crippen LogP contribution >= 0.6 is 11.6 Å². The summed E-state index contributed by atoms with van der Waals surface area (Å²) in [6.45, 7) is 5.12. The van der Waals surface area contributed by atoms with Crippen LogP contribution < -0.4 is 10.5 Å². The van der Waals surface area contributed by atoms with Gasteiger partial charge >= 0.3 is 0 Å². The summed E-state index contributed by atoms with van der Waals surface area (Å²) in [6, 6.07) is 4.04. The standard InChI is InChI=1S/C14H22ClNO/c1-10(6-4-5-7-16)12-9-13(15)14(17-3)8-11(12)2/h8-10H,4-7,16H2,1-3H3. The van der Waals surface area contributed by atoms with Gasteiger partial charge in [-0.1, -0.05) is 24.9 Å². The molecule has 0 heterocycles. The zero-order valence-electron chi connectivity index (χ0n) is 10.9. The van der Waals surface area contributed by atoms with E-state index in [9.17, 15) is 0 Å². The molecule has 0 radical (unpaired) electrons. The lowest BCUT2D eigenvalue weighted by Crippen LogP contribution is -2.02. The van der Waals surface area contributed by atoms with Crippen LogP contribution in [0, 0.1) is 6.92 Å². The molecule has 3 heteroatoms. The molecule has 1 atom stereocenters. The molecule has 1 aromatic carbocycles. The summed E-state index contributed by atoms with van der Waals surface area (Å²) in [5, 5.41) is 0.693. The molecule has 0 aliphatic carbocycles. The van der Waals surface area contributed by atoms with Crippen molar-refractivity contribution in [3.63, 3.8) is 0 Å². The minimum absolute atomic E-state index is 0.518. The maximum Gasteiger partial charge on any atom is 0.137 e. The molecule has 1 rings (SSSR count). The van der Waals surface area contributed by atoms with E-state index in [0.29, 0.717) is 10.9 Å². The third-order valence-electron chi connectivity index (χ3n) is 3.16. The first-order valence-electron chi connectivity index (χ1n) is 6.14. The van der Waals surface area contributed by atoms with Crippen molar-refractivity contribution in [2.75, 3.05) is 13.7 Å². The second-order valence-corrected chi connectivity index (χ2v) is 4.94. The molecule has 0 aliphatic heterocycles. The highest BCUT2D eigenvalue weighted by atomic mass is 35.5. The second-order valence-electron chi connectivity index (χ2n) is 4.53. The number of unbranched alkanes of at least 4 members (excludes halogenated alkanes) is 1. The van der Waals surface area contributed by atoms with Gasteiger partial charge in [0.25, 0.3) is 0 Å². The molecule has 96 valence electrons. The molecule has 2 N–H and O–H groups in total. The van der Waals surface area contributed by atoms with Crippen molar-refractivity contribution in [2.24, 2.45) is 5.73 Å². The van der Waals surface area contributed by atoms with Gasteiger partial charge in [0.15, 0.2) is 0 Å². The molecule has 17 heavy (non-hydrogen) atoms. The molecular formula is C14H22ClNO.